The number of ether oxygens (including phenoxy) is 2. The van der Waals surface area contributed by atoms with E-state index in [-0.39, 0.29) is 5.82 Å². The van der Waals surface area contributed by atoms with Crippen molar-refractivity contribution in [2.24, 2.45) is 0 Å². The third-order valence-electron chi connectivity index (χ3n) is 2.83. The first-order chi connectivity index (χ1) is 9.10. The fourth-order valence-corrected chi connectivity index (χ4v) is 1.81. The number of hydrogen-bond donors (Lipinski definition) is 1. The first-order valence-electron chi connectivity index (χ1n) is 5.91. The normalized spacial score (nSPS) is 10.3. The molecule has 2 rings (SSSR count). The zero-order valence-electron chi connectivity index (χ0n) is 10.9. The molecule has 3 nitrogen and oxygen atoms in total. The lowest BCUT2D eigenvalue weighted by Gasteiger charge is -2.12. The number of hydrogen-bond acceptors (Lipinski definition) is 3. The second kappa shape index (κ2) is 5.61. The van der Waals surface area contributed by atoms with Crippen molar-refractivity contribution < 1.29 is 13.9 Å². The Morgan fingerprint density at radius 1 is 1.11 bits per heavy atom. The minimum Gasteiger partial charge on any atom is -0.496 e. The highest BCUT2D eigenvalue weighted by Crippen LogP contribution is 2.25. The molecule has 0 aliphatic rings. The first-order valence-corrected chi connectivity index (χ1v) is 5.91. The van der Waals surface area contributed by atoms with Crippen LogP contribution in [0.5, 0.6) is 11.5 Å². The van der Waals surface area contributed by atoms with Crippen LogP contribution in [0.1, 0.15) is 11.1 Å². The van der Waals surface area contributed by atoms with Crippen LogP contribution in [0.4, 0.5) is 10.1 Å². The van der Waals surface area contributed by atoms with E-state index in [9.17, 15) is 4.39 Å². The molecule has 2 aromatic rings. The largest absolute Gasteiger partial charge is 0.496 e. The molecule has 0 heterocycles. The molecule has 4 heteroatoms. The zero-order chi connectivity index (χ0) is 13.8. The Morgan fingerprint density at radius 2 is 1.89 bits per heavy atom. The molecule has 0 atom stereocenters. The van der Waals surface area contributed by atoms with Gasteiger partial charge in [-0.1, -0.05) is 0 Å². The second-order valence-corrected chi connectivity index (χ2v) is 4.27. The molecule has 19 heavy (non-hydrogen) atoms. The minimum atomic E-state index is -0.269. The SMILES string of the molecule is COc1cc(N)ccc1COc1ccc(F)cc1C. The van der Waals surface area contributed by atoms with Gasteiger partial charge < -0.3 is 15.2 Å². The van der Waals surface area contributed by atoms with Gasteiger partial charge in [0.1, 0.15) is 23.9 Å². The van der Waals surface area contributed by atoms with Crippen LogP contribution in [0.3, 0.4) is 0 Å². The number of halogens is 1. The smallest absolute Gasteiger partial charge is 0.127 e. The highest BCUT2D eigenvalue weighted by Gasteiger charge is 2.06. The van der Waals surface area contributed by atoms with Crippen molar-refractivity contribution >= 4 is 5.69 Å². The van der Waals surface area contributed by atoms with Crippen LogP contribution in [0.25, 0.3) is 0 Å². The molecule has 2 aromatic carbocycles. The number of nitrogen functional groups attached to an aromatic ring is 1. The maximum Gasteiger partial charge on any atom is 0.127 e. The fraction of sp³-hybridized carbons (Fsp3) is 0.200. The summed E-state index contributed by atoms with van der Waals surface area (Å²) in [5.41, 5.74) is 7.97. The molecule has 2 N–H and O–H groups in total. The molecular weight excluding hydrogens is 245 g/mol. The maximum absolute atomic E-state index is 13.0. The Kier molecular flexibility index (Phi) is 3.90. The van der Waals surface area contributed by atoms with Crippen LogP contribution >= 0.6 is 0 Å². The van der Waals surface area contributed by atoms with Gasteiger partial charge in [-0.15, -0.1) is 0 Å². The van der Waals surface area contributed by atoms with E-state index < -0.39 is 0 Å². The predicted octanol–water partition coefficient (Wildman–Crippen LogP) is 3.30. The zero-order valence-corrected chi connectivity index (χ0v) is 10.9. The molecule has 0 saturated heterocycles. The highest BCUT2D eigenvalue weighted by molar-refractivity contribution is 5.48. The van der Waals surface area contributed by atoms with Crippen LogP contribution in [-0.4, -0.2) is 7.11 Å². The Bertz CT molecular complexity index is 584. The van der Waals surface area contributed by atoms with Gasteiger partial charge in [-0.2, -0.15) is 0 Å². The Labute approximate surface area is 111 Å². The molecule has 0 aromatic heterocycles. The monoisotopic (exact) mass is 261 g/mol. The average molecular weight is 261 g/mol. The van der Waals surface area contributed by atoms with E-state index in [1.165, 1.54) is 12.1 Å². The molecule has 0 aliphatic heterocycles. The molecule has 0 bridgehead atoms. The van der Waals surface area contributed by atoms with Crippen molar-refractivity contribution in [3.63, 3.8) is 0 Å². The van der Waals surface area contributed by atoms with E-state index in [1.807, 2.05) is 6.07 Å². The second-order valence-electron chi connectivity index (χ2n) is 4.27. The van der Waals surface area contributed by atoms with Crippen LogP contribution in [-0.2, 0) is 6.61 Å². The van der Waals surface area contributed by atoms with Crippen molar-refractivity contribution in [2.45, 2.75) is 13.5 Å². The summed E-state index contributed by atoms with van der Waals surface area (Å²) < 4.78 is 23.9. The summed E-state index contributed by atoms with van der Waals surface area (Å²) in [5.74, 6) is 1.06. The predicted molar refractivity (Wildman–Crippen MR) is 72.9 cm³/mol. The van der Waals surface area contributed by atoms with Crippen molar-refractivity contribution in [3.05, 3.63) is 53.3 Å². The van der Waals surface area contributed by atoms with Crippen molar-refractivity contribution in [1.29, 1.82) is 0 Å². The number of anilines is 1. The fourth-order valence-electron chi connectivity index (χ4n) is 1.81. The summed E-state index contributed by atoms with van der Waals surface area (Å²) in [6.45, 7) is 2.15. The van der Waals surface area contributed by atoms with Gasteiger partial charge in [0.05, 0.1) is 7.11 Å². The number of methoxy groups -OCH3 is 1. The summed E-state index contributed by atoms with van der Waals surface area (Å²) in [7, 11) is 1.58. The number of nitrogens with two attached hydrogens (primary N) is 1. The van der Waals surface area contributed by atoms with Crippen LogP contribution in [0.15, 0.2) is 36.4 Å². The van der Waals surface area contributed by atoms with Crippen LogP contribution in [0, 0.1) is 12.7 Å². The van der Waals surface area contributed by atoms with E-state index in [0.717, 1.165) is 11.1 Å². The minimum absolute atomic E-state index is 0.269. The highest BCUT2D eigenvalue weighted by atomic mass is 19.1. The summed E-state index contributed by atoms with van der Waals surface area (Å²) in [5, 5.41) is 0. The molecular formula is C15H16FNO2. The van der Waals surface area contributed by atoms with Gasteiger partial charge in [0, 0.05) is 17.3 Å². The third kappa shape index (κ3) is 3.16. The Balaban J connectivity index is 2.14. The summed E-state index contributed by atoms with van der Waals surface area (Å²) >= 11 is 0. The molecule has 0 saturated carbocycles. The van der Waals surface area contributed by atoms with E-state index in [1.54, 1.807) is 32.2 Å². The van der Waals surface area contributed by atoms with Crippen molar-refractivity contribution in [2.75, 3.05) is 12.8 Å². The summed E-state index contributed by atoms with van der Waals surface area (Å²) in [6.07, 6.45) is 0. The molecule has 0 amide bonds. The van der Waals surface area contributed by atoms with Crippen LogP contribution in [0.2, 0.25) is 0 Å². The summed E-state index contributed by atoms with van der Waals surface area (Å²) in [6, 6.07) is 9.83. The lowest BCUT2D eigenvalue weighted by Crippen LogP contribution is -2.01. The van der Waals surface area contributed by atoms with E-state index in [4.69, 9.17) is 15.2 Å². The van der Waals surface area contributed by atoms with Gasteiger partial charge >= 0.3 is 0 Å². The number of benzene rings is 2. The van der Waals surface area contributed by atoms with Gasteiger partial charge in [-0.25, -0.2) is 4.39 Å². The molecule has 0 aliphatic carbocycles. The van der Waals surface area contributed by atoms with Crippen molar-refractivity contribution in [1.82, 2.24) is 0 Å². The average Bonchev–Trinajstić information content (AvgIpc) is 2.39. The quantitative estimate of drug-likeness (QED) is 0.859. The molecule has 0 fully saturated rings. The third-order valence-corrected chi connectivity index (χ3v) is 2.83. The van der Waals surface area contributed by atoms with Gasteiger partial charge in [0.15, 0.2) is 0 Å². The van der Waals surface area contributed by atoms with Crippen molar-refractivity contribution in [3.8, 4) is 11.5 Å². The lowest BCUT2D eigenvalue weighted by molar-refractivity contribution is 0.294. The number of aryl methyl sites for hydroxylation is 1. The lowest BCUT2D eigenvalue weighted by atomic mass is 10.2. The van der Waals surface area contributed by atoms with E-state index in [0.29, 0.717) is 23.8 Å². The first kappa shape index (κ1) is 13.2. The topological polar surface area (TPSA) is 44.5 Å². The van der Waals surface area contributed by atoms with Gasteiger partial charge in [-0.3, -0.25) is 0 Å². The molecule has 100 valence electrons. The maximum atomic E-state index is 13.0. The Hall–Kier alpha value is -2.23. The Morgan fingerprint density at radius 3 is 2.58 bits per heavy atom. The van der Waals surface area contributed by atoms with E-state index >= 15 is 0 Å². The van der Waals surface area contributed by atoms with Crippen LogP contribution < -0.4 is 15.2 Å². The van der Waals surface area contributed by atoms with E-state index in [2.05, 4.69) is 0 Å². The van der Waals surface area contributed by atoms with Gasteiger partial charge in [0.2, 0.25) is 0 Å². The number of rotatable bonds is 4. The molecule has 0 unspecified atom stereocenters. The van der Waals surface area contributed by atoms with Gasteiger partial charge in [-0.05, 0) is 42.8 Å². The van der Waals surface area contributed by atoms with Gasteiger partial charge in [0.25, 0.3) is 0 Å². The standard InChI is InChI=1S/C15H16FNO2/c1-10-7-12(16)4-6-14(10)19-9-11-3-5-13(17)8-15(11)18-2/h3-8H,9,17H2,1-2H3. The summed E-state index contributed by atoms with van der Waals surface area (Å²) in [4.78, 5) is 0. The molecule has 0 radical (unpaired) electrons. The molecule has 0 spiro atoms.